The first-order chi connectivity index (χ1) is 8.67. The molecule has 0 aliphatic heterocycles. The van der Waals surface area contributed by atoms with Crippen molar-refractivity contribution >= 4 is 34.4 Å². The molecule has 0 N–H and O–H groups in total. The first-order valence-electron chi connectivity index (χ1n) is 4.34. The van der Waals surface area contributed by atoms with Crippen LogP contribution in [0.5, 0.6) is 5.75 Å². The second-order valence-electron chi connectivity index (χ2n) is 2.93. The average Bonchev–Trinajstić information content (AvgIpc) is 2.28. The maximum atomic E-state index is 12.1. The zero-order valence-electron chi connectivity index (χ0n) is 9.02. The van der Waals surface area contributed by atoms with Crippen molar-refractivity contribution in [2.45, 2.75) is 6.36 Å². The third kappa shape index (κ3) is 3.65. The number of alkyl halides is 3. The Hall–Kier alpha value is -1.66. The Balaban J connectivity index is 3.42. The zero-order chi connectivity index (χ0) is 14.8. The molecule has 0 aliphatic rings. The Morgan fingerprint density at radius 2 is 2.11 bits per heavy atom. The lowest BCUT2D eigenvalue weighted by Crippen LogP contribution is -2.19. The van der Waals surface area contributed by atoms with Crippen LogP contribution in [0, 0.1) is 13.7 Å². The lowest BCUT2D eigenvalue weighted by atomic mass is 10.2. The van der Waals surface area contributed by atoms with E-state index in [9.17, 15) is 28.1 Å². The van der Waals surface area contributed by atoms with Gasteiger partial charge in [0.1, 0.15) is 0 Å². The molecule has 19 heavy (non-hydrogen) atoms. The standard InChI is InChI=1S/C8H4F3IN2O5/c1-18-7(15)4-5(12)3(19-8(9,10)11)2-13-6(4)14(16)17/h2H,1H3. The van der Waals surface area contributed by atoms with Crippen LogP contribution < -0.4 is 4.74 Å². The van der Waals surface area contributed by atoms with E-state index in [1.807, 2.05) is 0 Å². The van der Waals surface area contributed by atoms with E-state index in [0.717, 1.165) is 7.11 Å². The van der Waals surface area contributed by atoms with Crippen LogP contribution in [0.4, 0.5) is 19.0 Å². The van der Waals surface area contributed by atoms with Crippen molar-refractivity contribution in [1.29, 1.82) is 0 Å². The number of rotatable bonds is 3. The molecule has 11 heteroatoms. The van der Waals surface area contributed by atoms with Crippen molar-refractivity contribution in [2.24, 2.45) is 0 Å². The van der Waals surface area contributed by atoms with Crippen molar-refractivity contribution in [3.8, 4) is 5.75 Å². The molecule has 1 aromatic rings. The molecular formula is C8H4F3IN2O5. The first-order valence-corrected chi connectivity index (χ1v) is 5.42. The van der Waals surface area contributed by atoms with E-state index in [1.165, 1.54) is 22.6 Å². The van der Waals surface area contributed by atoms with Gasteiger partial charge in [0.25, 0.3) is 0 Å². The first kappa shape index (κ1) is 15.4. The van der Waals surface area contributed by atoms with Gasteiger partial charge >= 0.3 is 18.1 Å². The van der Waals surface area contributed by atoms with Gasteiger partial charge in [-0.3, -0.25) is 0 Å². The minimum Gasteiger partial charge on any atom is -0.465 e. The monoisotopic (exact) mass is 392 g/mol. The Morgan fingerprint density at radius 1 is 1.53 bits per heavy atom. The van der Waals surface area contributed by atoms with Crippen molar-refractivity contribution in [3.05, 3.63) is 25.4 Å². The fourth-order valence-electron chi connectivity index (χ4n) is 1.08. The van der Waals surface area contributed by atoms with Crippen molar-refractivity contribution < 1.29 is 32.4 Å². The van der Waals surface area contributed by atoms with Gasteiger partial charge in [-0.05, 0) is 32.5 Å². The molecule has 0 saturated heterocycles. The minimum absolute atomic E-state index is 0.413. The highest BCUT2D eigenvalue weighted by atomic mass is 127. The molecule has 0 aliphatic carbocycles. The van der Waals surface area contributed by atoms with E-state index in [0.29, 0.717) is 6.20 Å². The summed E-state index contributed by atoms with van der Waals surface area (Å²) >= 11 is 1.31. The maximum absolute atomic E-state index is 12.1. The highest BCUT2D eigenvalue weighted by molar-refractivity contribution is 14.1. The summed E-state index contributed by atoms with van der Waals surface area (Å²) in [4.78, 5) is 24.2. The predicted octanol–water partition coefficient (Wildman–Crippen LogP) is 2.28. The number of pyridine rings is 1. The van der Waals surface area contributed by atoms with Crippen molar-refractivity contribution in [2.75, 3.05) is 7.11 Å². The number of halogens is 4. The molecule has 0 radical (unpaired) electrons. The molecule has 1 aromatic heterocycles. The molecule has 1 heterocycles. The van der Waals surface area contributed by atoms with Crippen LogP contribution in [0.3, 0.4) is 0 Å². The smallest absolute Gasteiger partial charge is 0.465 e. The fraction of sp³-hybridized carbons (Fsp3) is 0.250. The topological polar surface area (TPSA) is 91.6 Å². The highest BCUT2D eigenvalue weighted by Gasteiger charge is 2.36. The lowest BCUT2D eigenvalue weighted by molar-refractivity contribution is -0.390. The number of hydrogen-bond acceptors (Lipinski definition) is 6. The van der Waals surface area contributed by atoms with E-state index < -0.39 is 38.0 Å². The van der Waals surface area contributed by atoms with Crippen LogP contribution in [0.15, 0.2) is 6.20 Å². The molecule has 0 amide bonds. The van der Waals surface area contributed by atoms with Crippen LogP contribution in [0.1, 0.15) is 10.4 Å². The predicted molar refractivity (Wildman–Crippen MR) is 61.6 cm³/mol. The van der Waals surface area contributed by atoms with Crippen LogP contribution in [-0.4, -0.2) is 29.3 Å². The van der Waals surface area contributed by atoms with E-state index in [4.69, 9.17) is 0 Å². The Morgan fingerprint density at radius 3 is 2.53 bits per heavy atom. The molecule has 0 saturated carbocycles. The summed E-state index contributed by atoms with van der Waals surface area (Å²) in [6.07, 6.45) is -4.50. The molecule has 7 nitrogen and oxygen atoms in total. The Labute approximate surface area is 117 Å². The summed E-state index contributed by atoms with van der Waals surface area (Å²) < 4.78 is 43.7. The van der Waals surface area contributed by atoms with Crippen molar-refractivity contribution in [3.63, 3.8) is 0 Å². The van der Waals surface area contributed by atoms with Crippen LogP contribution in [0.25, 0.3) is 0 Å². The van der Waals surface area contributed by atoms with Gasteiger partial charge in [0.2, 0.25) is 0 Å². The quantitative estimate of drug-likeness (QED) is 0.339. The second kappa shape index (κ2) is 5.54. The molecule has 104 valence electrons. The SMILES string of the molecule is COC(=O)c1c([N+](=O)[O-])ncc(OC(F)(F)F)c1I. The maximum Gasteiger partial charge on any atom is 0.573 e. The summed E-state index contributed by atoms with van der Waals surface area (Å²) in [7, 11) is 0.930. The van der Waals surface area contributed by atoms with Gasteiger partial charge in [-0.1, -0.05) is 0 Å². The molecule has 0 spiro atoms. The summed E-state index contributed by atoms with van der Waals surface area (Å²) in [5.41, 5.74) is -0.699. The zero-order valence-corrected chi connectivity index (χ0v) is 11.2. The third-order valence-electron chi connectivity index (χ3n) is 1.75. The lowest BCUT2D eigenvalue weighted by Gasteiger charge is -2.10. The molecular weight excluding hydrogens is 388 g/mol. The Bertz CT molecular complexity index is 534. The molecule has 1 rings (SSSR count). The van der Waals surface area contributed by atoms with Crippen LogP contribution >= 0.6 is 22.6 Å². The van der Waals surface area contributed by atoms with Crippen molar-refractivity contribution in [1.82, 2.24) is 4.98 Å². The van der Waals surface area contributed by atoms with Gasteiger partial charge in [-0.25, -0.2) is 4.79 Å². The number of methoxy groups -OCH3 is 1. The third-order valence-corrected chi connectivity index (χ3v) is 2.82. The number of carbonyl (C=O) groups is 1. The summed E-state index contributed by atoms with van der Waals surface area (Å²) in [6, 6.07) is 0. The van der Waals surface area contributed by atoms with E-state index in [-0.39, 0.29) is 0 Å². The van der Waals surface area contributed by atoms with Gasteiger partial charge in [-0.2, -0.15) is 0 Å². The highest BCUT2D eigenvalue weighted by Crippen LogP contribution is 2.33. The van der Waals surface area contributed by atoms with Gasteiger partial charge in [0, 0.05) is 0 Å². The number of aromatic nitrogens is 1. The molecule has 0 fully saturated rings. The van der Waals surface area contributed by atoms with E-state index in [1.54, 1.807) is 0 Å². The molecule has 0 aromatic carbocycles. The van der Waals surface area contributed by atoms with E-state index >= 15 is 0 Å². The van der Waals surface area contributed by atoms with Gasteiger partial charge < -0.3 is 19.6 Å². The summed E-state index contributed by atoms with van der Waals surface area (Å²) in [6.45, 7) is 0. The normalized spacial score (nSPS) is 11.0. The van der Waals surface area contributed by atoms with E-state index in [2.05, 4.69) is 14.5 Å². The van der Waals surface area contributed by atoms with Gasteiger partial charge in [0.05, 0.1) is 10.7 Å². The van der Waals surface area contributed by atoms with Crippen LogP contribution in [-0.2, 0) is 4.74 Å². The second-order valence-corrected chi connectivity index (χ2v) is 4.01. The van der Waals surface area contributed by atoms with Gasteiger partial charge in [-0.15, -0.1) is 13.2 Å². The molecule has 0 unspecified atom stereocenters. The number of nitro groups is 1. The molecule has 0 bridgehead atoms. The largest absolute Gasteiger partial charge is 0.573 e. The number of nitrogens with zero attached hydrogens (tertiary/aromatic N) is 2. The summed E-state index contributed by atoms with van der Waals surface area (Å²) in [5.74, 6) is -2.92. The number of hydrogen-bond donors (Lipinski definition) is 0. The number of esters is 1. The fourth-order valence-corrected chi connectivity index (χ4v) is 1.79. The number of ether oxygens (including phenoxy) is 2. The average molecular weight is 392 g/mol. The Kier molecular flexibility index (Phi) is 4.49. The molecule has 0 atom stereocenters. The van der Waals surface area contributed by atoms with Gasteiger partial charge in [0.15, 0.2) is 17.5 Å². The number of carbonyl (C=O) groups excluding carboxylic acids is 1. The van der Waals surface area contributed by atoms with Crippen LogP contribution in [0.2, 0.25) is 0 Å². The minimum atomic E-state index is -5.01. The summed E-state index contributed by atoms with van der Waals surface area (Å²) in [5, 5.41) is 10.7.